The second-order valence-corrected chi connectivity index (χ2v) is 4.16. The van der Waals surface area contributed by atoms with Gasteiger partial charge in [0.15, 0.2) is 0 Å². The Morgan fingerprint density at radius 3 is 2.85 bits per heavy atom. The SMILES string of the molecule is Cc1ccc2c(c1)CN[C@@H](C)[C@H]2C. The molecule has 0 aromatic heterocycles. The van der Waals surface area contributed by atoms with Crippen molar-refractivity contribution in [3.63, 3.8) is 0 Å². The van der Waals surface area contributed by atoms with E-state index in [-0.39, 0.29) is 0 Å². The van der Waals surface area contributed by atoms with Gasteiger partial charge in [-0.25, -0.2) is 0 Å². The van der Waals surface area contributed by atoms with Crippen LogP contribution in [0.3, 0.4) is 0 Å². The maximum absolute atomic E-state index is 3.52. The molecule has 70 valence electrons. The third kappa shape index (κ3) is 1.49. The van der Waals surface area contributed by atoms with E-state index >= 15 is 0 Å². The highest BCUT2D eigenvalue weighted by atomic mass is 14.9. The zero-order valence-corrected chi connectivity index (χ0v) is 8.59. The van der Waals surface area contributed by atoms with Crippen molar-refractivity contribution < 1.29 is 0 Å². The van der Waals surface area contributed by atoms with Crippen LogP contribution in [0, 0.1) is 6.92 Å². The molecular formula is C12H17N. The third-order valence-electron chi connectivity index (χ3n) is 3.15. The van der Waals surface area contributed by atoms with Crippen LogP contribution in [-0.2, 0) is 6.54 Å². The average Bonchev–Trinajstić information content (AvgIpc) is 2.12. The molecule has 0 fully saturated rings. The zero-order chi connectivity index (χ0) is 9.42. The fourth-order valence-corrected chi connectivity index (χ4v) is 2.05. The Kier molecular flexibility index (Phi) is 2.12. The number of hydrogen-bond acceptors (Lipinski definition) is 1. The lowest BCUT2D eigenvalue weighted by atomic mass is 9.86. The smallest absolute Gasteiger partial charge is 0.0211 e. The van der Waals surface area contributed by atoms with Crippen LogP contribution < -0.4 is 5.32 Å². The molecule has 1 aromatic carbocycles. The first-order valence-corrected chi connectivity index (χ1v) is 5.01. The second-order valence-electron chi connectivity index (χ2n) is 4.16. The molecular weight excluding hydrogens is 158 g/mol. The zero-order valence-electron chi connectivity index (χ0n) is 8.59. The molecule has 0 unspecified atom stereocenters. The topological polar surface area (TPSA) is 12.0 Å². The van der Waals surface area contributed by atoms with Crippen LogP contribution in [0.4, 0.5) is 0 Å². The Hall–Kier alpha value is -0.820. The van der Waals surface area contributed by atoms with Crippen molar-refractivity contribution in [1.82, 2.24) is 5.32 Å². The van der Waals surface area contributed by atoms with Gasteiger partial charge in [0.1, 0.15) is 0 Å². The van der Waals surface area contributed by atoms with Crippen LogP contribution in [0.5, 0.6) is 0 Å². The molecule has 0 spiro atoms. The van der Waals surface area contributed by atoms with E-state index < -0.39 is 0 Å². The first-order valence-electron chi connectivity index (χ1n) is 5.01. The minimum Gasteiger partial charge on any atom is -0.310 e. The molecule has 0 bridgehead atoms. The predicted molar refractivity (Wildman–Crippen MR) is 55.9 cm³/mol. The van der Waals surface area contributed by atoms with Gasteiger partial charge in [-0.1, -0.05) is 30.7 Å². The summed E-state index contributed by atoms with van der Waals surface area (Å²) in [6.07, 6.45) is 0. The number of hydrogen-bond donors (Lipinski definition) is 1. The summed E-state index contributed by atoms with van der Waals surface area (Å²) in [5.41, 5.74) is 4.37. The summed E-state index contributed by atoms with van der Waals surface area (Å²) in [5.74, 6) is 0.643. The molecule has 2 rings (SSSR count). The Morgan fingerprint density at radius 1 is 1.31 bits per heavy atom. The summed E-state index contributed by atoms with van der Waals surface area (Å²) in [7, 11) is 0. The van der Waals surface area contributed by atoms with Gasteiger partial charge in [-0.05, 0) is 30.9 Å². The van der Waals surface area contributed by atoms with Crippen molar-refractivity contribution in [2.75, 3.05) is 0 Å². The molecule has 1 nitrogen and oxygen atoms in total. The molecule has 1 heterocycles. The molecule has 2 atom stereocenters. The van der Waals surface area contributed by atoms with Crippen molar-refractivity contribution in [3.8, 4) is 0 Å². The van der Waals surface area contributed by atoms with Gasteiger partial charge in [-0.15, -0.1) is 0 Å². The lowest BCUT2D eigenvalue weighted by Gasteiger charge is -2.30. The molecule has 1 aliphatic heterocycles. The van der Waals surface area contributed by atoms with Crippen LogP contribution in [0.25, 0.3) is 0 Å². The molecule has 0 aliphatic carbocycles. The number of rotatable bonds is 0. The van der Waals surface area contributed by atoms with E-state index in [0.29, 0.717) is 12.0 Å². The monoisotopic (exact) mass is 175 g/mol. The maximum Gasteiger partial charge on any atom is 0.0211 e. The molecule has 1 aromatic rings. The summed E-state index contributed by atoms with van der Waals surface area (Å²) in [6, 6.07) is 7.40. The molecule has 1 N–H and O–H groups in total. The molecule has 0 amide bonds. The first kappa shape index (κ1) is 8.76. The van der Waals surface area contributed by atoms with Crippen molar-refractivity contribution in [1.29, 1.82) is 0 Å². The lowest BCUT2D eigenvalue weighted by molar-refractivity contribution is 0.448. The Bertz CT molecular complexity index is 317. The molecule has 0 radical (unpaired) electrons. The Morgan fingerprint density at radius 2 is 2.08 bits per heavy atom. The van der Waals surface area contributed by atoms with E-state index in [4.69, 9.17) is 0 Å². The van der Waals surface area contributed by atoms with Crippen LogP contribution in [0.15, 0.2) is 18.2 Å². The quantitative estimate of drug-likeness (QED) is 0.639. The lowest BCUT2D eigenvalue weighted by Crippen LogP contribution is -2.35. The number of nitrogens with one attached hydrogen (secondary N) is 1. The Labute approximate surface area is 80.2 Å². The molecule has 0 saturated carbocycles. The van der Waals surface area contributed by atoms with Gasteiger partial charge in [-0.2, -0.15) is 0 Å². The summed E-state index contributed by atoms with van der Waals surface area (Å²) in [4.78, 5) is 0. The van der Waals surface area contributed by atoms with E-state index in [9.17, 15) is 0 Å². The summed E-state index contributed by atoms with van der Waals surface area (Å²) < 4.78 is 0. The molecule has 1 aliphatic rings. The fraction of sp³-hybridized carbons (Fsp3) is 0.500. The van der Waals surface area contributed by atoms with Gasteiger partial charge in [0.05, 0.1) is 0 Å². The van der Waals surface area contributed by atoms with Crippen LogP contribution in [-0.4, -0.2) is 6.04 Å². The molecule has 13 heavy (non-hydrogen) atoms. The van der Waals surface area contributed by atoms with Gasteiger partial charge in [0.25, 0.3) is 0 Å². The minimum absolute atomic E-state index is 0.607. The normalized spacial score (nSPS) is 27.0. The third-order valence-corrected chi connectivity index (χ3v) is 3.15. The summed E-state index contributed by atoms with van der Waals surface area (Å²) in [5, 5.41) is 3.52. The van der Waals surface area contributed by atoms with Crippen molar-refractivity contribution in [3.05, 3.63) is 34.9 Å². The predicted octanol–water partition coefficient (Wildman–Crippen LogP) is 2.59. The van der Waals surface area contributed by atoms with Gasteiger partial charge in [0, 0.05) is 12.6 Å². The van der Waals surface area contributed by atoms with E-state index in [1.165, 1.54) is 16.7 Å². The summed E-state index contributed by atoms with van der Waals surface area (Å²) in [6.45, 7) is 7.74. The van der Waals surface area contributed by atoms with Crippen molar-refractivity contribution >= 4 is 0 Å². The van der Waals surface area contributed by atoms with Gasteiger partial charge in [-0.3, -0.25) is 0 Å². The first-order chi connectivity index (χ1) is 6.18. The molecule has 1 heteroatoms. The standard InChI is InChI=1S/C12H17N/c1-8-4-5-12-9(2)10(3)13-7-11(12)6-8/h4-6,9-10,13H,7H2,1-3H3/t9-,10+/m1/s1. The number of fused-ring (bicyclic) bond motifs is 1. The molecule has 0 saturated heterocycles. The van der Waals surface area contributed by atoms with Crippen LogP contribution >= 0.6 is 0 Å². The van der Waals surface area contributed by atoms with Crippen molar-refractivity contribution in [2.45, 2.75) is 39.3 Å². The van der Waals surface area contributed by atoms with Gasteiger partial charge >= 0.3 is 0 Å². The fourth-order valence-electron chi connectivity index (χ4n) is 2.05. The van der Waals surface area contributed by atoms with Crippen molar-refractivity contribution in [2.24, 2.45) is 0 Å². The summed E-state index contributed by atoms with van der Waals surface area (Å²) >= 11 is 0. The highest BCUT2D eigenvalue weighted by molar-refractivity contribution is 5.36. The average molecular weight is 175 g/mol. The van der Waals surface area contributed by atoms with Crippen LogP contribution in [0.1, 0.15) is 36.5 Å². The second kappa shape index (κ2) is 3.15. The van der Waals surface area contributed by atoms with E-state index in [0.717, 1.165) is 6.54 Å². The van der Waals surface area contributed by atoms with E-state index in [1.807, 2.05) is 0 Å². The highest BCUT2D eigenvalue weighted by Gasteiger charge is 2.21. The largest absolute Gasteiger partial charge is 0.310 e. The van der Waals surface area contributed by atoms with Crippen LogP contribution in [0.2, 0.25) is 0 Å². The maximum atomic E-state index is 3.52. The Balaban J connectivity index is 2.44. The van der Waals surface area contributed by atoms with Gasteiger partial charge in [0.2, 0.25) is 0 Å². The number of benzene rings is 1. The van der Waals surface area contributed by atoms with E-state index in [1.54, 1.807) is 0 Å². The minimum atomic E-state index is 0.607. The highest BCUT2D eigenvalue weighted by Crippen LogP contribution is 2.27. The van der Waals surface area contributed by atoms with E-state index in [2.05, 4.69) is 44.3 Å². The number of aryl methyl sites for hydroxylation is 1. The van der Waals surface area contributed by atoms with Gasteiger partial charge < -0.3 is 5.32 Å².